The maximum absolute atomic E-state index is 12.5. The molecule has 0 aromatic heterocycles. The lowest BCUT2D eigenvalue weighted by atomic mass is 9.92. The molecule has 54 heavy (non-hydrogen) atoms. The molecule has 322 valence electrons. The highest BCUT2D eigenvalue weighted by Gasteiger charge is 2.43. The molecule has 0 bridgehead atoms. The second-order valence-electron chi connectivity index (χ2n) is 13.6. The SMILES string of the molecule is CC1C(OCCCCCOP(=O)(O)OCC(COP(=O)(O)OCCCCCOC2OC(CO)C(O)C(O)C2C)OP(=O)(O)C(C)C)OC(CO)C(O)C1O. The molecule has 13 atom stereocenters. The maximum atomic E-state index is 12.5. The van der Waals surface area contributed by atoms with Crippen molar-refractivity contribution in [2.45, 2.75) is 127 Å². The van der Waals surface area contributed by atoms with Crippen LogP contribution in [0.2, 0.25) is 0 Å². The fourth-order valence-corrected chi connectivity index (χ4v) is 7.59. The molecule has 0 aromatic rings. The highest BCUT2D eigenvalue weighted by atomic mass is 31.2. The zero-order valence-electron chi connectivity index (χ0n) is 31.1. The minimum atomic E-state index is -4.71. The van der Waals surface area contributed by atoms with E-state index in [0.29, 0.717) is 38.5 Å². The zero-order valence-corrected chi connectivity index (χ0v) is 33.8. The van der Waals surface area contributed by atoms with Gasteiger partial charge in [-0.05, 0) is 38.5 Å². The average molecular weight is 851 g/mol. The lowest BCUT2D eigenvalue weighted by Gasteiger charge is -2.40. The summed E-state index contributed by atoms with van der Waals surface area (Å²) in [6.07, 6.45) is -7.49. The Morgan fingerprint density at radius 3 is 1.30 bits per heavy atom. The van der Waals surface area contributed by atoms with Gasteiger partial charge in [0.25, 0.3) is 0 Å². The van der Waals surface area contributed by atoms with Crippen LogP contribution < -0.4 is 0 Å². The van der Waals surface area contributed by atoms with E-state index in [2.05, 4.69) is 0 Å². The van der Waals surface area contributed by atoms with Crippen LogP contribution in [0.3, 0.4) is 0 Å². The zero-order chi connectivity index (χ0) is 40.7. The molecule has 2 fully saturated rings. The van der Waals surface area contributed by atoms with E-state index in [1.54, 1.807) is 13.8 Å². The predicted octanol–water partition coefficient (Wildman–Crippen LogP) is 0.757. The molecule has 9 N–H and O–H groups in total. The van der Waals surface area contributed by atoms with E-state index in [0.717, 1.165) is 0 Å². The van der Waals surface area contributed by atoms with Gasteiger partial charge < -0.3 is 68.8 Å². The van der Waals surface area contributed by atoms with E-state index in [9.17, 15) is 59.0 Å². The Kier molecular flexibility index (Phi) is 22.4. The van der Waals surface area contributed by atoms with E-state index >= 15 is 0 Å². The summed E-state index contributed by atoms with van der Waals surface area (Å²) in [5.41, 5.74) is -0.899. The van der Waals surface area contributed by atoms with E-state index in [1.807, 2.05) is 0 Å². The van der Waals surface area contributed by atoms with Crippen molar-refractivity contribution < 1.29 is 101 Å². The number of ether oxygens (including phenoxy) is 4. The normalized spacial score (nSPS) is 33.2. The summed E-state index contributed by atoms with van der Waals surface area (Å²) in [5.74, 6) is -1.10. The van der Waals surface area contributed by atoms with Crippen LogP contribution in [0.4, 0.5) is 0 Å². The van der Waals surface area contributed by atoms with Crippen LogP contribution in [-0.4, -0.2) is 159 Å². The molecule has 0 saturated carbocycles. The van der Waals surface area contributed by atoms with E-state index in [1.165, 1.54) is 13.8 Å². The molecule has 0 amide bonds. The third kappa shape index (κ3) is 17.1. The Morgan fingerprint density at radius 1 is 0.574 bits per heavy atom. The van der Waals surface area contributed by atoms with Crippen molar-refractivity contribution in [3.8, 4) is 0 Å². The fourth-order valence-electron chi connectivity index (χ4n) is 5.22. The van der Waals surface area contributed by atoms with Crippen LogP contribution in [0.15, 0.2) is 0 Å². The van der Waals surface area contributed by atoms with Crippen LogP contribution in [0.25, 0.3) is 0 Å². The van der Waals surface area contributed by atoms with Gasteiger partial charge in [0.05, 0.1) is 57.5 Å². The first-order valence-electron chi connectivity index (χ1n) is 18.0. The summed E-state index contributed by atoms with van der Waals surface area (Å²) in [4.78, 5) is 30.5. The molecule has 2 aliphatic heterocycles. The number of hydrogen-bond donors (Lipinski definition) is 9. The van der Waals surface area contributed by atoms with Gasteiger partial charge in [0.15, 0.2) is 12.6 Å². The van der Waals surface area contributed by atoms with Crippen molar-refractivity contribution in [2.24, 2.45) is 11.8 Å². The van der Waals surface area contributed by atoms with Crippen molar-refractivity contribution in [3.63, 3.8) is 0 Å². The topological polar surface area (TPSA) is 316 Å². The number of phosphoric acid groups is 2. The van der Waals surface area contributed by atoms with Crippen LogP contribution in [0.1, 0.15) is 66.2 Å². The van der Waals surface area contributed by atoms with E-state index < -0.39 is 122 Å². The van der Waals surface area contributed by atoms with Gasteiger partial charge in [-0.3, -0.25) is 22.7 Å². The van der Waals surface area contributed by atoms with Gasteiger partial charge in [-0.25, -0.2) is 9.13 Å². The molecule has 2 heterocycles. The summed E-state index contributed by atoms with van der Waals surface area (Å²) in [6.45, 7) is 3.35. The molecule has 24 heteroatoms. The summed E-state index contributed by atoms with van der Waals surface area (Å²) in [7, 11) is -13.7. The lowest BCUT2D eigenvalue weighted by Crippen LogP contribution is -2.55. The van der Waals surface area contributed by atoms with Crippen LogP contribution in [0.5, 0.6) is 0 Å². The van der Waals surface area contributed by atoms with Crippen molar-refractivity contribution in [3.05, 3.63) is 0 Å². The van der Waals surface area contributed by atoms with Crippen LogP contribution in [0, 0.1) is 11.8 Å². The molecule has 0 spiro atoms. The first-order chi connectivity index (χ1) is 25.2. The molecule has 2 aliphatic rings. The molecule has 21 nitrogen and oxygen atoms in total. The molecule has 2 saturated heterocycles. The van der Waals surface area contributed by atoms with Gasteiger partial charge in [0, 0.05) is 25.0 Å². The molecule has 0 radical (unpaired) electrons. The number of aliphatic hydroxyl groups excluding tert-OH is 6. The van der Waals surface area contributed by atoms with Crippen molar-refractivity contribution in [1.29, 1.82) is 0 Å². The maximum Gasteiger partial charge on any atom is 0.472 e. The third-order valence-electron chi connectivity index (χ3n) is 8.83. The average Bonchev–Trinajstić information content (AvgIpc) is 3.11. The largest absolute Gasteiger partial charge is 0.472 e. The Morgan fingerprint density at radius 2 is 0.944 bits per heavy atom. The number of rotatable bonds is 27. The Labute approximate surface area is 315 Å². The highest BCUT2D eigenvalue weighted by molar-refractivity contribution is 7.53. The Bertz CT molecular complexity index is 1120. The van der Waals surface area contributed by atoms with Crippen LogP contribution >= 0.6 is 23.2 Å². The van der Waals surface area contributed by atoms with Gasteiger partial charge in [-0.15, -0.1) is 0 Å². The molecular formula is C30H61O21P3. The van der Waals surface area contributed by atoms with E-state index in [-0.39, 0.29) is 26.4 Å². The number of aliphatic hydroxyl groups is 6. The van der Waals surface area contributed by atoms with Crippen molar-refractivity contribution >= 4 is 23.2 Å². The fraction of sp³-hybridized carbons (Fsp3) is 1.00. The Hall–Kier alpha value is -0.0300. The third-order valence-corrected chi connectivity index (χ3v) is 12.7. The molecular weight excluding hydrogens is 789 g/mol. The molecule has 13 unspecified atom stereocenters. The second kappa shape index (κ2) is 24.1. The lowest BCUT2D eigenvalue weighted by molar-refractivity contribution is -0.282. The van der Waals surface area contributed by atoms with Crippen molar-refractivity contribution in [2.75, 3.05) is 52.9 Å². The van der Waals surface area contributed by atoms with Gasteiger partial charge in [0.1, 0.15) is 30.5 Å². The van der Waals surface area contributed by atoms with Crippen LogP contribution in [-0.2, 0) is 55.3 Å². The Balaban J connectivity index is 1.71. The van der Waals surface area contributed by atoms with Gasteiger partial charge in [0.2, 0.25) is 0 Å². The van der Waals surface area contributed by atoms with Gasteiger partial charge in [-0.2, -0.15) is 0 Å². The van der Waals surface area contributed by atoms with E-state index in [4.69, 9.17) is 41.6 Å². The first kappa shape index (κ1) is 50.1. The standard InChI is InChI=1S/C30H61O21P3/c1-19(2)52(37,38)51-22(17-47-53(39,40)45-13-9-5-7-11-43-29-20(3)25(33)27(35)23(15-31)49-29)18-48-54(41,42)46-14-10-6-8-12-44-30-21(4)26(34)28(36)24(16-32)50-30/h19-36H,5-18H2,1-4H3,(H,37,38)(H,39,40)(H,41,42). The highest BCUT2D eigenvalue weighted by Crippen LogP contribution is 2.51. The number of phosphoric ester groups is 2. The summed E-state index contributed by atoms with van der Waals surface area (Å²) in [5, 5.41) is 58.7. The monoisotopic (exact) mass is 850 g/mol. The quantitative estimate of drug-likeness (QED) is 0.0407. The molecule has 0 aliphatic carbocycles. The van der Waals surface area contributed by atoms with Gasteiger partial charge >= 0.3 is 23.2 Å². The first-order valence-corrected chi connectivity index (χ1v) is 22.6. The minimum Gasteiger partial charge on any atom is -0.394 e. The minimum absolute atomic E-state index is 0.189. The molecule has 0 aromatic carbocycles. The molecule has 2 rings (SSSR count). The summed E-state index contributed by atoms with van der Waals surface area (Å²) in [6, 6.07) is 0. The smallest absolute Gasteiger partial charge is 0.394 e. The van der Waals surface area contributed by atoms with Gasteiger partial charge in [-0.1, -0.05) is 27.7 Å². The number of unbranched alkanes of at least 4 members (excludes halogenated alkanes) is 4. The number of hydrogen-bond acceptors (Lipinski definition) is 18. The predicted molar refractivity (Wildman–Crippen MR) is 187 cm³/mol. The van der Waals surface area contributed by atoms with Crippen molar-refractivity contribution in [1.82, 2.24) is 0 Å². The summed E-state index contributed by atoms with van der Waals surface area (Å²) >= 11 is 0. The second-order valence-corrected chi connectivity index (χ2v) is 18.9. The summed E-state index contributed by atoms with van der Waals surface area (Å²) < 4.78 is 84.6.